The number of carbonyl (C=O) groups is 2. The van der Waals surface area contributed by atoms with E-state index >= 15 is 0 Å². The first-order valence-electron chi connectivity index (χ1n) is 12.2. The molecule has 0 bridgehead atoms. The van der Waals surface area contributed by atoms with E-state index in [1.165, 1.54) is 6.08 Å². The van der Waals surface area contributed by atoms with Crippen molar-refractivity contribution in [3.05, 3.63) is 94.8 Å². The smallest absolute Gasteiger partial charge is 0.247 e. The van der Waals surface area contributed by atoms with Crippen LogP contribution in [0.25, 0.3) is 6.08 Å². The molecule has 1 aromatic heterocycles. The average Bonchev–Trinajstić information content (AvgIpc) is 3.14. The van der Waals surface area contributed by atoms with Gasteiger partial charge in [-0.3, -0.25) is 14.6 Å². The van der Waals surface area contributed by atoms with Gasteiger partial charge in [-0.1, -0.05) is 41.9 Å². The van der Waals surface area contributed by atoms with E-state index in [1.807, 2.05) is 48.5 Å². The molecule has 8 heteroatoms. The van der Waals surface area contributed by atoms with Crippen LogP contribution in [0.1, 0.15) is 36.0 Å². The molecule has 0 spiro atoms. The van der Waals surface area contributed by atoms with Gasteiger partial charge in [-0.05, 0) is 60.7 Å². The molecule has 2 amide bonds. The molecule has 0 radical (unpaired) electrons. The second-order valence-electron chi connectivity index (χ2n) is 8.76. The van der Waals surface area contributed by atoms with Crippen molar-refractivity contribution in [3.8, 4) is 11.5 Å². The number of halogens is 1. The quantitative estimate of drug-likeness (QED) is 0.401. The summed E-state index contributed by atoms with van der Waals surface area (Å²) in [7, 11) is 1.58. The van der Waals surface area contributed by atoms with E-state index in [4.69, 9.17) is 21.1 Å². The molecule has 37 heavy (non-hydrogen) atoms. The van der Waals surface area contributed by atoms with E-state index < -0.39 is 6.04 Å². The number of amides is 2. The van der Waals surface area contributed by atoms with Crippen molar-refractivity contribution in [2.75, 3.05) is 13.7 Å². The van der Waals surface area contributed by atoms with Gasteiger partial charge < -0.3 is 19.7 Å². The predicted octanol–water partition coefficient (Wildman–Crippen LogP) is 5.03. The lowest BCUT2D eigenvalue weighted by Crippen LogP contribution is -2.47. The number of nitrogens with one attached hydrogen (secondary N) is 1. The van der Waals surface area contributed by atoms with E-state index in [2.05, 4.69) is 10.3 Å². The Morgan fingerprint density at radius 3 is 2.78 bits per heavy atom. The van der Waals surface area contributed by atoms with Crippen molar-refractivity contribution in [1.29, 1.82) is 0 Å². The lowest BCUT2D eigenvalue weighted by molar-refractivity contribution is -0.137. The number of nitrogens with zero attached hydrogens (tertiary/aromatic N) is 2. The third kappa shape index (κ3) is 7.11. The minimum absolute atomic E-state index is 0.140. The Morgan fingerprint density at radius 2 is 2.00 bits per heavy atom. The highest BCUT2D eigenvalue weighted by molar-refractivity contribution is 6.32. The Morgan fingerprint density at radius 1 is 1.14 bits per heavy atom. The largest absolute Gasteiger partial charge is 0.493 e. The molecule has 1 aliphatic rings. The second kappa shape index (κ2) is 12.9. The number of aromatic nitrogens is 1. The minimum atomic E-state index is -0.576. The number of hydrogen-bond acceptors (Lipinski definition) is 5. The monoisotopic (exact) mass is 519 g/mol. The molecule has 3 aromatic rings. The van der Waals surface area contributed by atoms with Gasteiger partial charge in [0, 0.05) is 42.1 Å². The summed E-state index contributed by atoms with van der Waals surface area (Å²) >= 11 is 6.26. The van der Waals surface area contributed by atoms with Crippen molar-refractivity contribution in [3.63, 3.8) is 0 Å². The van der Waals surface area contributed by atoms with Gasteiger partial charge in [0.25, 0.3) is 0 Å². The minimum Gasteiger partial charge on any atom is -0.493 e. The van der Waals surface area contributed by atoms with E-state index in [0.29, 0.717) is 36.1 Å². The summed E-state index contributed by atoms with van der Waals surface area (Å²) in [6, 6.07) is 16.0. The second-order valence-corrected chi connectivity index (χ2v) is 9.17. The fourth-order valence-corrected chi connectivity index (χ4v) is 4.40. The summed E-state index contributed by atoms with van der Waals surface area (Å²) in [5, 5.41) is 3.49. The Hall–Kier alpha value is -3.84. The van der Waals surface area contributed by atoms with Crippen LogP contribution in [-0.4, -0.2) is 41.4 Å². The van der Waals surface area contributed by atoms with E-state index in [1.54, 1.807) is 36.5 Å². The third-order valence-electron chi connectivity index (χ3n) is 6.17. The summed E-state index contributed by atoms with van der Waals surface area (Å²) in [6.07, 6.45) is 8.94. The van der Waals surface area contributed by atoms with Gasteiger partial charge >= 0.3 is 0 Å². The van der Waals surface area contributed by atoms with Gasteiger partial charge in [-0.25, -0.2) is 0 Å². The number of pyridine rings is 1. The molecule has 0 saturated carbocycles. The zero-order valence-corrected chi connectivity index (χ0v) is 21.5. The van der Waals surface area contributed by atoms with Crippen LogP contribution in [0.2, 0.25) is 5.02 Å². The summed E-state index contributed by atoms with van der Waals surface area (Å²) in [6.45, 7) is 1.17. The van der Waals surface area contributed by atoms with Gasteiger partial charge in [0.05, 0.1) is 7.11 Å². The van der Waals surface area contributed by atoms with Crippen LogP contribution < -0.4 is 14.8 Å². The molecular formula is C29H30ClN3O4. The van der Waals surface area contributed by atoms with Gasteiger partial charge in [-0.2, -0.15) is 0 Å². The highest BCUT2D eigenvalue weighted by atomic mass is 35.5. The summed E-state index contributed by atoms with van der Waals surface area (Å²) in [5.74, 6) is 0.721. The molecule has 4 rings (SSSR count). The molecule has 192 valence electrons. The molecule has 2 heterocycles. The van der Waals surface area contributed by atoms with Crippen LogP contribution in [0.3, 0.4) is 0 Å². The average molecular weight is 520 g/mol. The first kappa shape index (κ1) is 26.2. The number of benzene rings is 2. The van der Waals surface area contributed by atoms with Crippen LogP contribution >= 0.6 is 11.6 Å². The fourth-order valence-electron chi connectivity index (χ4n) is 4.20. The molecule has 1 N–H and O–H groups in total. The number of methoxy groups -OCH3 is 1. The molecule has 1 aliphatic heterocycles. The van der Waals surface area contributed by atoms with Gasteiger partial charge in [-0.15, -0.1) is 0 Å². The molecule has 0 aliphatic carbocycles. The summed E-state index contributed by atoms with van der Waals surface area (Å²) < 4.78 is 11.5. The van der Waals surface area contributed by atoms with E-state index in [0.717, 1.165) is 29.5 Å². The first-order valence-corrected chi connectivity index (χ1v) is 12.6. The normalized spacial score (nSPS) is 15.6. The Bertz CT molecular complexity index is 1250. The van der Waals surface area contributed by atoms with Crippen LogP contribution in [-0.2, 0) is 22.7 Å². The fraction of sp³-hybridized carbons (Fsp3) is 0.276. The van der Waals surface area contributed by atoms with Crippen molar-refractivity contribution < 1.29 is 19.1 Å². The van der Waals surface area contributed by atoms with Crippen molar-refractivity contribution in [1.82, 2.24) is 15.2 Å². The van der Waals surface area contributed by atoms with Crippen LogP contribution in [0.4, 0.5) is 0 Å². The molecular weight excluding hydrogens is 490 g/mol. The number of hydrogen-bond donors (Lipinski definition) is 1. The number of carbonyl (C=O) groups excluding carboxylic acids is 2. The lowest BCUT2D eigenvalue weighted by Gasteiger charge is -2.29. The first-order chi connectivity index (χ1) is 18.0. The highest BCUT2D eigenvalue weighted by Gasteiger charge is 2.30. The van der Waals surface area contributed by atoms with Crippen LogP contribution in [0.5, 0.6) is 11.5 Å². The zero-order chi connectivity index (χ0) is 26.0. The third-order valence-corrected chi connectivity index (χ3v) is 6.52. The maximum atomic E-state index is 13.5. The SMILES string of the molecule is COc1ccc(CN(C(=O)/C=C/c2ccccc2Cl)[C@H]2CCCCNC2=O)cc1OCc1cccnc1. The molecule has 0 unspecified atom stereocenters. The Labute approximate surface area is 222 Å². The topological polar surface area (TPSA) is 80.8 Å². The highest BCUT2D eigenvalue weighted by Crippen LogP contribution is 2.30. The predicted molar refractivity (Wildman–Crippen MR) is 143 cm³/mol. The summed E-state index contributed by atoms with van der Waals surface area (Å²) in [5.41, 5.74) is 2.48. The Kier molecular flexibility index (Phi) is 9.16. The number of ether oxygens (including phenoxy) is 2. The summed E-state index contributed by atoms with van der Waals surface area (Å²) in [4.78, 5) is 32.1. The van der Waals surface area contributed by atoms with Crippen LogP contribution in [0.15, 0.2) is 73.1 Å². The molecule has 2 aromatic carbocycles. The van der Waals surface area contributed by atoms with Crippen molar-refractivity contribution in [2.45, 2.75) is 38.5 Å². The molecule has 7 nitrogen and oxygen atoms in total. The van der Waals surface area contributed by atoms with Crippen LogP contribution in [0, 0.1) is 0 Å². The van der Waals surface area contributed by atoms with E-state index in [-0.39, 0.29) is 18.4 Å². The standard InChI is InChI=1S/C29H30ClN3O4/c1-36-26-13-11-21(17-27(26)37-20-22-7-6-15-31-18-22)19-33(25-10-4-5-16-32-29(25)35)28(34)14-12-23-8-2-3-9-24(23)30/h2-3,6-9,11-15,17-18,25H,4-5,10,16,19-20H2,1H3,(H,32,35)/b14-12+/t25-/m0/s1. The zero-order valence-electron chi connectivity index (χ0n) is 20.7. The Balaban J connectivity index is 1.59. The van der Waals surface area contributed by atoms with Gasteiger partial charge in [0.15, 0.2) is 11.5 Å². The van der Waals surface area contributed by atoms with Gasteiger partial charge in [0.2, 0.25) is 11.8 Å². The van der Waals surface area contributed by atoms with Crippen molar-refractivity contribution >= 4 is 29.5 Å². The number of rotatable bonds is 9. The molecule has 1 atom stereocenters. The van der Waals surface area contributed by atoms with Crippen molar-refractivity contribution in [2.24, 2.45) is 0 Å². The van der Waals surface area contributed by atoms with Gasteiger partial charge in [0.1, 0.15) is 12.6 Å². The maximum Gasteiger partial charge on any atom is 0.247 e. The maximum absolute atomic E-state index is 13.5. The molecule has 1 fully saturated rings. The van der Waals surface area contributed by atoms with E-state index in [9.17, 15) is 9.59 Å². The molecule has 1 saturated heterocycles. The lowest BCUT2D eigenvalue weighted by atomic mass is 10.1.